The Bertz CT molecular complexity index is 1070. The molecule has 2 aliphatic carbocycles. The van der Waals surface area contributed by atoms with Crippen molar-refractivity contribution >= 4 is 5.97 Å². The first-order valence-corrected chi connectivity index (χ1v) is 11.6. The summed E-state index contributed by atoms with van der Waals surface area (Å²) in [5.74, 6) is -0.116. The average Bonchev–Trinajstić information content (AvgIpc) is 3.69. The molecule has 1 heterocycles. The molecule has 0 bridgehead atoms. The van der Waals surface area contributed by atoms with Gasteiger partial charge in [-0.3, -0.25) is 9.78 Å². The lowest BCUT2D eigenvalue weighted by molar-refractivity contribution is -0.151. The predicted molar refractivity (Wildman–Crippen MR) is 124 cm³/mol. The summed E-state index contributed by atoms with van der Waals surface area (Å²) in [5, 5.41) is 10.2. The van der Waals surface area contributed by atoms with E-state index in [2.05, 4.69) is 18.2 Å². The monoisotopic (exact) mass is 427 g/mol. The van der Waals surface area contributed by atoms with E-state index in [4.69, 9.17) is 9.72 Å². The maximum Gasteiger partial charge on any atom is 0.314 e. The summed E-state index contributed by atoms with van der Waals surface area (Å²) in [6, 6.07) is 24.1. The van der Waals surface area contributed by atoms with Crippen LogP contribution < -0.4 is 0 Å². The fourth-order valence-electron chi connectivity index (χ4n) is 4.99. The van der Waals surface area contributed by atoms with Gasteiger partial charge in [-0.25, -0.2) is 0 Å². The number of ether oxygens (including phenoxy) is 1. The second-order valence-corrected chi connectivity index (χ2v) is 9.30. The van der Waals surface area contributed by atoms with Crippen LogP contribution in [0.15, 0.2) is 79.0 Å². The topological polar surface area (TPSA) is 59.4 Å². The standard InChI is InChI=1S/C28H29NO3/c30-26(31)27(24-9-5-2-6-10-24)14-16-28(17-15-27,32-20-21-11-12-21)25-19-23(13-18-29-25)22-7-3-1-4-8-22/h1-10,13,18-19,21H,11-12,14-17,20H2,(H,30,31). The maximum absolute atomic E-state index is 12.5. The summed E-state index contributed by atoms with van der Waals surface area (Å²) in [6.45, 7) is 0.725. The van der Waals surface area contributed by atoms with Crippen LogP contribution in [0.25, 0.3) is 11.1 Å². The van der Waals surface area contributed by atoms with Gasteiger partial charge in [-0.05, 0) is 73.3 Å². The molecular formula is C28H29NO3. The third kappa shape index (κ3) is 3.95. The van der Waals surface area contributed by atoms with Gasteiger partial charge in [0.25, 0.3) is 0 Å². The quantitative estimate of drug-likeness (QED) is 0.505. The van der Waals surface area contributed by atoms with E-state index < -0.39 is 17.0 Å². The maximum atomic E-state index is 12.5. The van der Waals surface area contributed by atoms with Gasteiger partial charge in [0.05, 0.1) is 17.7 Å². The van der Waals surface area contributed by atoms with Gasteiger partial charge in [0, 0.05) is 6.20 Å². The van der Waals surface area contributed by atoms with Gasteiger partial charge in [-0.15, -0.1) is 0 Å². The highest BCUT2D eigenvalue weighted by Gasteiger charge is 2.50. The second kappa shape index (κ2) is 8.51. The Labute approximate surface area is 189 Å². The van der Waals surface area contributed by atoms with E-state index in [1.165, 1.54) is 12.8 Å². The van der Waals surface area contributed by atoms with Crippen LogP contribution >= 0.6 is 0 Å². The summed E-state index contributed by atoms with van der Waals surface area (Å²) in [5.41, 5.74) is 2.66. The second-order valence-electron chi connectivity index (χ2n) is 9.30. The minimum absolute atomic E-state index is 0.536. The Kier molecular flexibility index (Phi) is 5.56. The summed E-state index contributed by atoms with van der Waals surface area (Å²) < 4.78 is 6.62. The molecule has 0 amide bonds. The van der Waals surface area contributed by atoms with Gasteiger partial charge in [-0.1, -0.05) is 60.7 Å². The number of carboxylic acids is 1. The smallest absolute Gasteiger partial charge is 0.314 e. The van der Waals surface area contributed by atoms with Gasteiger partial charge >= 0.3 is 5.97 Å². The Morgan fingerprint density at radius 3 is 2.19 bits per heavy atom. The first-order valence-electron chi connectivity index (χ1n) is 11.6. The van der Waals surface area contributed by atoms with E-state index in [-0.39, 0.29) is 0 Å². The molecule has 4 nitrogen and oxygen atoms in total. The third-order valence-electron chi connectivity index (χ3n) is 7.27. The molecule has 2 aliphatic rings. The van der Waals surface area contributed by atoms with E-state index in [1.807, 2.05) is 60.8 Å². The van der Waals surface area contributed by atoms with E-state index in [0.717, 1.165) is 29.0 Å². The van der Waals surface area contributed by atoms with Crippen LogP contribution in [0.4, 0.5) is 0 Å². The molecular weight excluding hydrogens is 398 g/mol. The molecule has 164 valence electrons. The van der Waals surface area contributed by atoms with Gasteiger partial charge in [0.1, 0.15) is 5.60 Å². The molecule has 0 unspecified atom stereocenters. The van der Waals surface area contributed by atoms with Crippen molar-refractivity contribution in [2.24, 2.45) is 5.92 Å². The molecule has 3 aromatic rings. The van der Waals surface area contributed by atoms with E-state index in [9.17, 15) is 9.90 Å². The van der Waals surface area contributed by atoms with Crippen LogP contribution in [0.3, 0.4) is 0 Å². The van der Waals surface area contributed by atoms with Crippen molar-refractivity contribution in [3.8, 4) is 11.1 Å². The van der Waals surface area contributed by atoms with Crippen molar-refractivity contribution in [1.82, 2.24) is 4.98 Å². The van der Waals surface area contributed by atoms with Gasteiger partial charge in [0.2, 0.25) is 0 Å². The highest BCUT2D eigenvalue weighted by atomic mass is 16.5. The molecule has 2 fully saturated rings. The molecule has 0 aliphatic heterocycles. The lowest BCUT2D eigenvalue weighted by Gasteiger charge is -2.44. The zero-order valence-corrected chi connectivity index (χ0v) is 18.2. The predicted octanol–water partition coefficient (Wildman–Crippen LogP) is 5.97. The number of hydrogen-bond donors (Lipinski definition) is 1. The zero-order valence-electron chi connectivity index (χ0n) is 18.2. The van der Waals surface area contributed by atoms with E-state index >= 15 is 0 Å². The Morgan fingerprint density at radius 1 is 0.906 bits per heavy atom. The molecule has 0 spiro atoms. The van der Waals surface area contributed by atoms with Gasteiger partial charge in [-0.2, -0.15) is 0 Å². The molecule has 2 aromatic carbocycles. The molecule has 4 heteroatoms. The van der Waals surface area contributed by atoms with Crippen LogP contribution in [0.1, 0.15) is 49.8 Å². The van der Waals surface area contributed by atoms with Crippen molar-refractivity contribution in [1.29, 1.82) is 0 Å². The molecule has 32 heavy (non-hydrogen) atoms. The number of aromatic nitrogens is 1. The van der Waals surface area contributed by atoms with Crippen LogP contribution in [-0.2, 0) is 20.5 Å². The summed E-state index contributed by atoms with van der Waals surface area (Å²) in [4.78, 5) is 17.2. The molecule has 1 N–H and O–H groups in total. The van der Waals surface area contributed by atoms with E-state index in [1.54, 1.807) is 0 Å². The number of carbonyl (C=O) groups is 1. The van der Waals surface area contributed by atoms with Crippen LogP contribution in [0.5, 0.6) is 0 Å². The fraction of sp³-hybridized carbons (Fsp3) is 0.357. The zero-order chi connectivity index (χ0) is 22.0. The summed E-state index contributed by atoms with van der Waals surface area (Å²) in [6.07, 6.45) is 6.66. The number of rotatable bonds is 7. The Balaban J connectivity index is 1.48. The number of benzene rings is 2. The minimum Gasteiger partial charge on any atom is -0.481 e. The molecule has 2 saturated carbocycles. The minimum atomic E-state index is -0.870. The molecule has 5 rings (SSSR count). The molecule has 0 atom stereocenters. The third-order valence-corrected chi connectivity index (χ3v) is 7.27. The number of aliphatic carboxylic acids is 1. The molecule has 0 saturated heterocycles. The summed E-state index contributed by atoms with van der Waals surface area (Å²) in [7, 11) is 0. The van der Waals surface area contributed by atoms with Crippen LogP contribution in [0.2, 0.25) is 0 Å². The van der Waals surface area contributed by atoms with Gasteiger partial charge in [0.15, 0.2) is 0 Å². The SMILES string of the molecule is O=C(O)C1(c2ccccc2)CCC(OCC2CC2)(c2cc(-c3ccccc3)ccn2)CC1. The van der Waals surface area contributed by atoms with Crippen molar-refractivity contribution in [3.63, 3.8) is 0 Å². The largest absolute Gasteiger partial charge is 0.481 e. The Hall–Kier alpha value is -2.98. The van der Waals surface area contributed by atoms with Crippen LogP contribution in [0, 0.1) is 5.92 Å². The number of hydrogen-bond acceptors (Lipinski definition) is 3. The van der Waals surface area contributed by atoms with Crippen molar-refractivity contribution in [2.45, 2.75) is 49.5 Å². The Morgan fingerprint density at radius 2 is 1.56 bits per heavy atom. The number of nitrogens with zero attached hydrogens (tertiary/aromatic N) is 1. The molecule has 0 radical (unpaired) electrons. The lowest BCUT2D eigenvalue weighted by atomic mass is 9.64. The first-order chi connectivity index (χ1) is 15.6. The normalized spacial score (nSPS) is 25.4. The number of pyridine rings is 1. The summed E-state index contributed by atoms with van der Waals surface area (Å²) >= 11 is 0. The highest BCUT2D eigenvalue weighted by molar-refractivity contribution is 5.81. The average molecular weight is 428 g/mol. The van der Waals surface area contributed by atoms with Gasteiger partial charge < -0.3 is 9.84 Å². The fourth-order valence-corrected chi connectivity index (χ4v) is 4.99. The van der Waals surface area contributed by atoms with Crippen molar-refractivity contribution in [2.75, 3.05) is 6.61 Å². The van der Waals surface area contributed by atoms with Crippen molar-refractivity contribution in [3.05, 3.63) is 90.3 Å². The van der Waals surface area contributed by atoms with E-state index in [0.29, 0.717) is 31.6 Å². The first kappa shape index (κ1) is 20.9. The highest BCUT2D eigenvalue weighted by Crippen LogP contribution is 2.50. The van der Waals surface area contributed by atoms with Crippen molar-refractivity contribution < 1.29 is 14.6 Å². The van der Waals surface area contributed by atoms with Crippen LogP contribution in [-0.4, -0.2) is 22.7 Å². The molecule has 1 aromatic heterocycles. The number of carboxylic acid groups (broad SMARTS) is 1. The lowest BCUT2D eigenvalue weighted by Crippen LogP contribution is -2.46.